The smallest absolute Gasteiger partial charge is 0.0897 e. The van der Waals surface area contributed by atoms with E-state index >= 15 is 0 Å². The van der Waals surface area contributed by atoms with Crippen molar-refractivity contribution in [1.29, 1.82) is 0 Å². The molecule has 1 aliphatic rings. The maximum absolute atomic E-state index is 10.7. The number of hydrogen-bond acceptors (Lipinski definition) is 4. The van der Waals surface area contributed by atoms with E-state index in [1.807, 2.05) is 13.0 Å². The SMILES string of the molecule is Cc1nc(CC2(O)CCN(c3ccccc3)CC2)cs1. The van der Waals surface area contributed by atoms with Crippen molar-refractivity contribution in [2.24, 2.45) is 0 Å². The number of aryl methyl sites for hydroxylation is 1. The van der Waals surface area contributed by atoms with E-state index in [0.29, 0.717) is 6.42 Å². The molecule has 0 bridgehead atoms. The summed E-state index contributed by atoms with van der Waals surface area (Å²) >= 11 is 1.66. The summed E-state index contributed by atoms with van der Waals surface area (Å²) in [5.41, 5.74) is 1.69. The van der Waals surface area contributed by atoms with E-state index in [4.69, 9.17) is 0 Å². The Bertz CT molecular complexity index is 559. The molecule has 106 valence electrons. The Morgan fingerprint density at radius 3 is 2.55 bits per heavy atom. The van der Waals surface area contributed by atoms with Crippen molar-refractivity contribution in [1.82, 2.24) is 4.98 Å². The molecule has 1 aliphatic heterocycles. The third kappa shape index (κ3) is 3.02. The molecule has 3 rings (SSSR count). The number of nitrogens with zero attached hydrogens (tertiary/aromatic N) is 2. The topological polar surface area (TPSA) is 36.4 Å². The molecular formula is C16H20N2OS. The lowest BCUT2D eigenvalue weighted by molar-refractivity contribution is 0.0158. The summed E-state index contributed by atoms with van der Waals surface area (Å²) in [6, 6.07) is 10.4. The lowest BCUT2D eigenvalue weighted by Gasteiger charge is -2.39. The van der Waals surface area contributed by atoms with Gasteiger partial charge in [-0.05, 0) is 31.9 Å². The second kappa shape index (κ2) is 5.54. The van der Waals surface area contributed by atoms with Crippen LogP contribution in [0, 0.1) is 6.92 Å². The molecule has 1 fully saturated rings. The summed E-state index contributed by atoms with van der Waals surface area (Å²) < 4.78 is 0. The highest BCUT2D eigenvalue weighted by atomic mass is 32.1. The second-order valence-electron chi connectivity index (χ2n) is 5.58. The van der Waals surface area contributed by atoms with E-state index in [0.717, 1.165) is 36.6 Å². The molecule has 3 nitrogen and oxygen atoms in total. The number of rotatable bonds is 3. The summed E-state index contributed by atoms with van der Waals surface area (Å²) in [5.74, 6) is 0. The number of benzene rings is 1. The van der Waals surface area contributed by atoms with E-state index in [-0.39, 0.29) is 0 Å². The van der Waals surface area contributed by atoms with E-state index in [2.05, 4.69) is 39.5 Å². The number of anilines is 1. The van der Waals surface area contributed by atoms with Crippen LogP contribution in [0.2, 0.25) is 0 Å². The van der Waals surface area contributed by atoms with Crippen LogP contribution in [0.15, 0.2) is 35.7 Å². The van der Waals surface area contributed by atoms with Crippen molar-refractivity contribution < 1.29 is 5.11 Å². The van der Waals surface area contributed by atoms with Gasteiger partial charge in [-0.2, -0.15) is 0 Å². The van der Waals surface area contributed by atoms with Crippen LogP contribution in [0.25, 0.3) is 0 Å². The molecule has 1 aromatic carbocycles. The van der Waals surface area contributed by atoms with Crippen LogP contribution < -0.4 is 4.90 Å². The monoisotopic (exact) mass is 288 g/mol. The molecule has 1 N–H and O–H groups in total. The van der Waals surface area contributed by atoms with Crippen molar-refractivity contribution in [3.8, 4) is 0 Å². The van der Waals surface area contributed by atoms with E-state index in [9.17, 15) is 5.11 Å². The van der Waals surface area contributed by atoms with Gasteiger partial charge in [-0.15, -0.1) is 11.3 Å². The van der Waals surface area contributed by atoms with Crippen LogP contribution in [-0.2, 0) is 6.42 Å². The average molecular weight is 288 g/mol. The minimum absolute atomic E-state index is 0.591. The molecule has 1 saturated heterocycles. The molecule has 0 aliphatic carbocycles. The van der Waals surface area contributed by atoms with Gasteiger partial charge >= 0.3 is 0 Å². The van der Waals surface area contributed by atoms with Crippen LogP contribution >= 0.6 is 11.3 Å². The Morgan fingerprint density at radius 1 is 1.25 bits per heavy atom. The fourth-order valence-corrected chi connectivity index (χ4v) is 3.44. The molecule has 0 spiro atoms. The maximum atomic E-state index is 10.7. The molecule has 1 aromatic heterocycles. The third-order valence-corrected chi connectivity index (χ3v) is 4.81. The molecule has 2 heterocycles. The molecule has 2 aromatic rings. The molecule has 4 heteroatoms. The average Bonchev–Trinajstić information content (AvgIpc) is 2.85. The number of piperidine rings is 1. The Kier molecular flexibility index (Phi) is 3.76. The summed E-state index contributed by atoms with van der Waals surface area (Å²) in [5, 5.41) is 13.9. The van der Waals surface area contributed by atoms with Crippen LogP contribution in [-0.4, -0.2) is 28.8 Å². The fourth-order valence-electron chi connectivity index (χ4n) is 2.82. The minimum atomic E-state index is -0.591. The van der Waals surface area contributed by atoms with Crippen LogP contribution in [0.4, 0.5) is 5.69 Å². The Morgan fingerprint density at radius 2 is 1.95 bits per heavy atom. The highest BCUT2D eigenvalue weighted by Gasteiger charge is 2.33. The van der Waals surface area contributed by atoms with Gasteiger partial charge in [-0.25, -0.2) is 4.98 Å². The van der Waals surface area contributed by atoms with Gasteiger partial charge in [0.1, 0.15) is 0 Å². The van der Waals surface area contributed by atoms with Crippen molar-refractivity contribution >= 4 is 17.0 Å². The summed E-state index contributed by atoms with van der Waals surface area (Å²) in [6.45, 7) is 3.82. The number of hydrogen-bond donors (Lipinski definition) is 1. The Hall–Kier alpha value is -1.39. The zero-order chi connectivity index (χ0) is 14.0. The van der Waals surface area contributed by atoms with Crippen LogP contribution in [0.1, 0.15) is 23.5 Å². The number of para-hydroxylation sites is 1. The fraction of sp³-hybridized carbons (Fsp3) is 0.438. The number of aliphatic hydroxyl groups is 1. The van der Waals surface area contributed by atoms with Crippen molar-refractivity contribution in [2.45, 2.75) is 31.8 Å². The normalized spacial score (nSPS) is 18.2. The summed E-state index contributed by atoms with van der Waals surface area (Å²) in [6.07, 6.45) is 2.29. The summed E-state index contributed by atoms with van der Waals surface area (Å²) in [4.78, 5) is 6.82. The van der Waals surface area contributed by atoms with Crippen LogP contribution in [0.3, 0.4) is 0 Å². The third-order valence-electron chi connectivity index (χ3n) is 3.99. The first-order valence-electron chi connectivity index (χ1n) is 7.08. The first-order chi connectivity index (χ1) is 9.65. The van der Waals surface area contributed by atoms with E-state index in [1.165, 1.54) is 5.69 Å². The Labute approximate surface area is 123 Å². The van der Waals surface area contributed by atoms with E-state index in [1.54, 1.807) is 11.3 Å². The standard InChI is InChI=1S/C16H20N2OS/c1-13-17-14(12-20-13)11-16(19)7-9-18(10-8-16)15-5-3-2-4-6-15/h2-6,12,19H,7-11H2,1H3. The number of thiazole rings is 1. The zero-order valence-corrected chi connectivity index (χ0v) is 12.6. The largest absolute Gasteiger partial charge is 0.389 e. The zero-order valence-electron chi connectivity index (χ0n) is 11.7. The lowest BCUT2D eigenvalue weighted by atomic mass is 9.87. The molecular weight excluding hydrogens is 268 g/mol. The van der Waals surface area contributed by atoms with Gasteiger partial charge < -0.3 is 10.0 Å². The number of aromatic nitrogens is 1. The molecule has 0 amide bonds. The first-order valence-corrected chi connectivity index (χ1v) is 7.96. The molecule has 0 unspecified atom stereocenters. The highest BCUT2D eigenvalue weighted by Crippen LogP contribution is 2.29. The highest BCUT2D eigenvalue weighted by molar-refractivity contribution is 7.09. The van der Waals surface area contributed by atoms with Gasteiger partial charge in [-0.1, -0.05) is 18.2 Å². The van der Waals surface area contributed by atoms with Gasteiger partial charge in [0.15, 0.2) is 0 Å². The van der Waals surface area contributed by atoms with Gasteiger partial charge in [0, 0.05) is 30.6 Å². The Balaban J connectivity index is 1.62. The van der Waals surface area contributed by atoms with Crippen molar-refractivity contribution in [3.05, 3.63) is 46.4 Å². The van der Waals surface area contributed by atoms with Gasteiger partial charge in [0.25, 0.3) is 0 Å². The summed E-state index contributed by atoms with van der Waals surface area (Å²) in [7, 11) is 0. The second-order valence-corrected chi connectivity index (χ2v) is 6.64. The minimum Gasteiger partial charge on any atom is -0.389 e. The molecule has 0 saturated carbocycles. The molecule has 20 heavy (non-hydrogen) atoms. The molecule has 0 atom stereocenters. The van der Waals surface area contributed by atoms with Crippen LogP contribution in [0.5, 0.6) is 0 Å². The van der Waals surface area contributed by atoms with Crippen molar-refractivity contribution in [2.75, 3.05) is 18.0 Å². The lowest BCUT2D eigenvalue weighted by Crippen LogP contribution is -2.45. The van der Waals surface area contributed by atoms with Gasteiger partial charge in [0.2, 0.25) is 0 Å². The van der Waals surface area contributed by atoms with Gasteiger partial charge in [0.05, 0.1) is 16.3 Å². The van der Waals surface area contributed by atoms with Gasteiger partial charge in [-0.3, -0.25) is 0 Å². The predicted molar refractivity (Wildman–Crippen MR) is 83.4 cm³/mol. The van der Waals surface area contributed by atoms with E-state index < -0.39 is 5.60 Å². The quantitative estimate of drug-likeness (QED) is 0.943. The first kappa shape index (κ1) is 13.6. The van der Waals surface area contributed by atoms with Crippen molar-refractivity contribution in [3.63, 3.8) is 0 Å². The predicted octanol–water partition coefficient (Wildman–Crippen LogP) is 3.03. The maximum Gasteiger partial charge on any atom is 0.0897 e. The molecule has 0 radical (unpaired) electrons.